The van der Waals surface area contributed by atoms with Crippen molar-refractivity contribution in [1.29, 1.82) is 0 Å². The summed E-state index contributed by atoms with van der Waals surface area (Å²) in [7, 11) is 3.96. The van der Waals surface area contributed by atoms with Crippen molar-refractivity contribution in [3.63, 3.8) is 0 Å². The summed E-state index contributed by atoms with van der Waals surface area (Å²) < 4.78 is 17.3. The molecule has 0 amide bonds. The van der Waals surface area contributed by atoms with E-state index < -0.39 is 0 Å². The number of hydrogen-bond acceptors (Lipinski definition) is 4. The molecule has 4 nitrogen and oxygen atoms in total. The molecule has 0 fully saturated rings. The minimum absolute atomic E-state index is 0.0514. The Morgan fingerprint density at radius 3 is 2.30 bits per heavy atom. The monoisotopic (exact) mass is 388 g/mol. The molecule has 0 N–H and O–H groups in total. The van der Waals surface area contributed by atoms with Crippen LogP contribution in [0.1, 0.15) is 30.9 Å². The minimum atomic E-state index is 0.0514. The summed E-state index contributed by atoms with van der Waals surface area (Å²) in [5, 5.41) is 1.12. The average Bonchev–Trinajstić information content (AvgIpc) is 2.66. The molecule has 0 saturated carbocycles. The Morgan fingerprint density at radius 2 is 1.74 bits per heavy atom. The number of aryl methyl sites for hydroxylation is 2. The highest BCUT2D eigenvalue weighted by atomic mass is 31.1. The van der Waals surface area contributed by atoms with Crippen LogP contribution in [0, 0.1) is 13.8 Å². The van der Waals surface area contributed by atoms with Crippen molar-refractivity contribution in [3.8, 4) is 28.4 Å². The molecule has 0 heterocycles. The SMILES string of the molecule is CCCCPc1c(OCC=O)cccc1-c1c(OC)c(C)cc(C)c1OC. The number of carbonyl (C=O) groups excluding carboxylic acids is 1. The maximum atomic E-state index is 10.8. The summed E-state index contributed by atoms with van der Waals surface area (Å²) in [6, 6.07) is 8.05. The van der Waals surface area contributed by atoms with E-state index in [1.54, 1.807) is 14.2 Å². The molecule has 0 saturated heterocycles. The third-order valence-electron chi connectivity index (χ3n) is 4.45. The van der Waals surface area contributed by atoms with Crippen molar-refractivity contribution in [3.05, 3.63) is 35.4 Å². The van der Waals surface area contributed by atoms with Crippen molar-refractivity contribution in [2.45, 2.75) is 33.6 Å². The van der Waals surface area contributed by atoms with E-state index in [2.05, 4.69) is 19.1 Å². The standard InChI is InChI=1S/C22H29O4P/c1-6-7-13-27-22-17(9-8-10-18(22)26-12-11-23)19-20(24-4)15(2)14-16(3)21(19)25-5/h8-11,14,27H,6-7,12-13H2,1-5H3. The van der Waals surface area contributed by atoms with Gasteiger partial charge in [-0.3, -0.25) is 4.79 Å². The first kappa shape index (κ1) is 21.2. The van der Waals surface area contributed by atoms with Gasteiger partial charge in [-0.15, -0.1) is 0 Å². The molecule has 27 heavy (non-hydrogen) atoms. The lowest BCUT2D eigenvalue weighted by molar-refractivity contribution is -0.109. The molecule has 2 aromatic carbocycles. The third kappa shape index (κ3) is 4.81. The van der Waals surface area contributed by atoms with Crippen molar-refractivity contribution in [1.82, 2.24) is 0 Å². The Balaban J connectivity index is 2.71. The highest BCUT2D eigenvalue weighted by Crippen LogP contribution is 2.44. The number of carbonyl (C=O) groups is 1. The van der Waals surface area contributed by atoms with Crippen LogP contribution >= 0.6 is 8.58 Å². The number of hydrogen-bond donors (Lipinski definition) is 0. The van der Waals surface area contributed by atoms with Crippen LogP contribution in [0.3, 0.4) is 0 Å². The highest BCUT2D eigenvalue weighted by molar-refractivity contribution is 7.47. The molecule has 2 aromatic rings. The van der Waals surface area contributed by atoms with Crippen LogP contribution in [0.25, 0.3) is 11.1 Å². The Labute approximate surface area is 164 Å². The molecule has 1 atom stereocenters. The predicted octanol–water partition coefficient (Wildman–Crippen LogP) is 4.67. The van der Waals surface area contributed by atoms with Gasteiger partial charge >= 0.3 is 0 Å². The van der Waals surface area contributed by atoms with E-state index in [0.717, 1.165) is 70.1 Å². The maximum Gasteiger partial charge on any atom is 0.157 e. The summed E-state index contributed by atoms with van der Waals surface area (Å²) in [5.41, 5.74) is 4.13. The lowest BCUT2D eigenvalue weighted by atomic mass is 9.97. The van der Waals surface area contributed by atoms with Gasteiger partial charge in [0.25, 0.3) is 0 Å². The molecule has 0 aliphatic rings. The largest absolute Gasteiger partial charge is 0.496 e. The smallest absolute Gasteiger partial charge is 0.157 e. The molecular formula is C22H29O4P. The fraction of sp³-hybridized carbons (Fsp3) is 0.409. The molecule has 2 rings (SSSR count). The van der Waals surface area contributed by atoms with Gasteiger partial charge in [-0.25, -0.2) is 0 Å². The van der Waals surface area contributed by atoms with Crippen LogP contribution in [0.5, 0.6) is 17.2 Å². The van der Waals surface area contributed by atoms with Crippen molar-refractivity contribution in [2.75, 3.05) is 27.0 Å². The molecule has 0 spiro atoms. The van der Waals surface area contributed by atoms with Gasteiger partial charge in [-0.2, -0.15) is 0 Å². The van der Waals surface area contributed by atoms with E-state index in [9.17, 15) is 4.79 Å². The molecule has 0 aliphatic heterocycles. The van der Waals surface area contributed by atoms with E-state index in [0.29, 0.717) is 8.58 Å². The van der Waals surface area contributed by atoms with Gasteiger partial charge < -0.3 is 14.2 Å². The van der Waals surface area contributed by atoms with E-state index in [4.69, 9.17) is 14.2 Å². The molecule has 0 aliphatic carbocycles. The van der Waals surface area contributed by atoms with Crippen LogP contribution in [0.2, 0.25) is 0 Å². The summed E-state index contributed by atoms with van der Waals surface area (Å²) >= 11 is 0. The third-order valence-corrected chi connectivity index (χ3v) is 5.92. The molecule has 146 valence electrons. The predicted molar refractivity (Wildman–Crippen MR) is 114 cm³/mol. The highest BCUT2D eigenvalue weighted by Gasteiger charge is 2.22. The molecular weight excluding hydrogens is 359 g/mol. The van der Waals surface area contributed by atoms with Crippen LogP contribution in [-0.2, 0) is 4.79 Å². The number of rotatable bonds is 10. The zero-order chi connectivity index (χ0) is 19.8. The van der Waals surface area contributed by atoms with Gasteiger partial charge in [0.1, 0.15) is 23.9 Å². The normalized spacial score (nSPS) is 11.0. The van der Waals surface area contributed by atoms with Crippen LogP contribution in [-0.4, -0.2) is 33.3 Å². The number of ether oxygens (including phenoxy) is 3. The zero-order valence-corrected chi connectivity index (χ0v) is 17.8. The Kier molecular flexibility index (Phi) is 8.12. The van der Waals surface area contributed by atoms with Crippen molar-refractivity contribution < 1.29 is 19.0 Å². The number of benzene rings is 2. The van der Waals surface area contributed by atoms with E-state index in [1.807, 2.05) is 26.0 Å². The molecule has 1 unspecified atom stereocenters. The van der Waals surface area contributed by atoms with E-state index >= 15 is 0 Å². The number of aldehydes is 1. The van der Waals surface area contributed by atoms with Crippen LogP contribution < -0.4 is 19.5 Å². The second-order valence-electron chi connectivity index (χ2n) is 6.39. The zero-order valence-electron chi connectivity index (χ0n) is 16.8. The second kappa shape index (κ2) is 10.3. The van der Waals surface area contributed by atoms with E-state index in [-0.39, 0.29) is 6.61 Å². The fourth-order valence-electron chi connectivity index (χ4n) is 3.28. The first-order chi connectivity index (χ1) is 13.1. The minimum Gasteiger partial charge on any atom is -0.496 e. The van der Waals surface area contributed by atoms with Gasteiger partial charge in [0.05, 0.1) is 19.8 Å². The quantitative estimate of drug-likeness (QED) is 0.337. The molecule has 0 bridgehead atoms. The van der Waals surface area contributed by atoms with Crippen molar-refractivity contribution >= 4 is 20.2 Å². The fourth-order valence-corrected chi connectivity index (χ4v) is 4.79. The lowest BCUT2D eigenvalue weighted by Crippen LogP contribution is -2.11. The Hall–Kier alpha value is -2.06. The van der Waals surface area contributed by atoms with Gasteiger partial charge in [-0.1, -0.05) is 34.1 Å². The lowest BCUT2D eigenvalue weighted by Gasteiger charge is -2.21. The first-order valence-electron chi connectivity index (χ1n) is 9.24. The summed E-state index contributed by atoms with van der Waals surface area (Å²) in [5.74, 6) is 2.38. The van der Waals surface area contributed by atoms with Gasteiger partial charge in [0.2, 0.25) is 0 Å². The van der Waals surface area contributed by atoms with Gasteiger partial charge in [0.15, 0.2) is 6.29 Å². The summed E-state index contributed by atoms with van der Waals surface area (Å²) in [4.78, 5) is 10.8. The molecule has 5 heteroatoms. The summed E-state index contributed by atoms with van der Waals surface area (Å²) in [6.45, 7) is 6.33. The van der Waals surface area contributed by atoms with Crippen molar-refractivity contribution in [2.24, 2.45) is 0 Å². The first-order valence-corrected chi connectivity index (χ1v) is 10.5. The average molecular weight is 388 g/mol. The molecule has 0 radical (unpaired) electrons. The second-order valence-corrected chi connectivity index (χ2v) is 7.74. The van der Waals surface area contributed by atoms with Gasteiger partial charge in [-0.05, 0) is 49.7 Å². The summed E-state index contributed by atoms with van der Waals surface area (Å²) in [6.07, 6.45) is 4.17. The van der Waals surface area contributed by atoms with Crippen LogP contribution in [0.4, 0.5) is 0 Å². The van der Waals surface area contributed by atoms with E-state index in [1.165, 1.54) is 0 Å². The maximum absolute atomic E-state index is 10.8. The topological polar surface area (TPSA) is 44.8 Å². The van der Waals surface area contributed by atoms with Crippen LogP contribution in [0.15, 0.2) is 24.3 Å². The molecule has 0 aromatic heterocycles. The number of unbranched alkanes of at least 4 members (excludes halogenated alkanes) is 1. The van der Waals surface area contributed by atoms with Gasteiger partial charge in [0, 0.05) is 10.9 Å². The number of methoxy groups -OCH3 is 2. The Morgan fingerprint density at radius 1 is 1.07 bits per heavy atom. The Bertz CT molecular complexity index is 758.